The Morgan fingerprint density at radius 2 is 2.17 bits per heavy atom. The summed E-state index contributed by atoms with van der Waals surface area (Å²) in [5.41, 5.74) is -2.33. The van der Waals surface area contributed by atoms with E-state index < -0.39 is 22.9 Å². The first kappa shape index (κ1) is 8.54. The zero-order valence-electron chi connectivity index (χ0n) is 5.57. The van der Waals surface area contributed by atoms with Crippen LogP contribution in [0.2, 0.25) is 0 Å². The molecule has 0 amide bonds. The molecule has 0 unspecified atom stereocenters. The third-order valence-electron chi connectivity index (χ3n) is 1.11. The summed E-state index contributed by atoms with van der Waals surface area (Å²) in [6.07, 6.45) is 0. The molecule has 7 heteroatoms. The predicted molar refractivity (Wildman–Crippen MR) is 39.5 cm³/mol. The van der Waals surface area contributed by atoms with Crippen LogP contribution in [0, 0.1) is 0 Å². The predicted octanol–water partition coefficient (Wildman–Crippen LogP) is -0.763. The average molecular weight is 191 g/mol. The van der Waals surface area contributed by atoms with Crippen molar-refractivity contribution >= 4 is 17.7 Å². The fraction of sp³-hybridized carbons (Fsp3) is 0. The van der Waals surface area contributed by atoms with Crippen LogP contribution in [0.5, 0.6) is 0 Å². The van der Waals surface area contributed by atoms with Crippen LogP contribution in [0.3, 0.4) is 0 Å². The van der Waals surface area contributed by atoms with E-state index in [1.807, 2.05) is 0 Å². The summed E-state index contributed by atoms with van der Waals surface area (Å²) in [6, 6.07) is 0.719. The van der Waals surface area contributed by atoms with Gasteiger partial charge in [-0.2, -0.15) is 4.09 Å². The number of halogens is 1. The summed E-state index contributed by atoms with van der Waals surface area (Å²) in [5.74, 6) is -1.44. The van der Waals surface area contributed by atoms with Gasteiger partial charge >= 0.3 is 11.7 Å². The average Bonchev–Trinajstić information content (AvgIpc) is 1.96. The van der Waals surface area contributed by atoms with Gasteiger partial charge in [-0.3, -0.25) is 9.78 Å². The fourth-order valence-corrected chi connectivity index (χ4v) is 0.790. The Morgan fingerprint density at radius 3 is 2.67 bits per heavy atom. The first-order chi connectivity index (χ1) is 5.52. The number of nitrogens with zero attached hydrogens (tertiary/aromatic N) is 1. The van der Waals surface area contributed by atoms with Crippen molar-refractivity contribution in [1.82, 2.24) is 9.07 Å². The summed E-state index contributed by atoms with van der Waals surface area (Å²) < 4.78 is 0.323. The SMILES string of the molecule is O=C(O)c1cc(=O)[nH]c(=O)n1Cl. The first-order valence-electron chi connectivity index (χ1n) is 2.78. The molecule has 6 nitrogen and oxygen atoms in total. The maximum atomic E-state index is 10.7. The number of hydrogen-bond donors (Lipinski definition) is 2. The van der Waals surface area contributed by atoms with Gasteiger partial charge < -0.3 is 5.11 Å². The van der Waals surface area contributed by atoms with Crippen LogP contribution in [0.25, 0.3) is 0 Å². The second kappa shape index (κ2) is 2.82. The van der Waals surface area contributed by atoms with Gasteiger partial charge in [0.2, 0.25) is 0 Å². The molecule has 0 aliphatic rings. The van der Waals surface area contributed by atoms with Gasteiger partial charge in [0.1, 0.15) is 0 Å². The number of aromatic amines is 1. The van der Waals surface area contributed by atoms with Crippen molar-refractivity contribution in [2.24, 2.45) is 0 Å². The van der Waals surface area contributed by atoms with Crippen LogP contribution in [-0.4, -0.2) is 20.1 Å². The molecule has 0 bridgehead atoms. The van der Waals surface area contributed by atoms with Crippen LogP contribution < -0.4 is 11.2 Å². The third-order valence-corrected chi connectivity index (χ3v) is 1.44. The van der Waals surface area contributed by atoms with Crippen molar-refractivity contribution < 1.29 is 9.90 Å². The fourth-order valence-electron chi connectivity index (χ4n) is 0.627. The first-order valence-corrected chi connectivity index (χ1v) is 3.12. The number of hydrogen-bond acceptors (Lipinski definition) is 3. The van der Waals surface area contributed by atoms with Crippen LogP contribution in [-0.2, 0) is 0 Å². The van der Waals surface area contributed by atoms with Crippen molar-refractivity contribution in [3.63, 3.8) is 0 Å². The molecule has 1 aromatic rings. The summed E-state index contributed by atoms with van der Waals surface area (Å²) in [6.45, 7) is 0. The minimum atomic E-state index is -1.44. The molecule has 0 radical (unpaired) electrons. The minimum Gasteiger partial charge on any atom is -0.477 e. The normalized spacial score (nSPS) is 9.75. The molecular formula is C5H3ClN2O4. The number of nitrogens with one attached hydrogen (secondary N) is 1. The van der Waals surface area contributed by atoms with Crippen LogP contribution in [0.15, 0.2) is 15.7 Å². The standard InChI is InChI=1S/C5H3ClN2O4/c6-8-2(4(10)11)1-3(9)7-5(8)12/h1H,(H,10,11)(H,7,9,12). The van der Waals surface area contributed by atoms with Crippen LogP contribution >= 0.6 is 11.8 Å². The quantitative estimate of drug-likeness (QED) is 0.609. The Labute approximate surface area is 70.1 Å². The topological polar surface area (TPSA) is 92.2 Å². The molecule has 1 heterocycles. The number of rotatable bonds is 1. The van der Waals surface area contributed by atoms with Crippen molar-refractivity contribution in [1.29, 1.82) is 0 Å². The van der Waals surface area contributed by atoms with Crippen molar-refractivity contribution in [2.45, 2.75) is 0 Å². The molecule has 0 fully saturated rings. The number of carboxylic acid groups (broad SMARTS) is 1. The van der Waals surface area contributed by atoms with Gasteiger partial charge in [-0.05, 0) is 0 Å². The molecule has 0 aromatic carbocycles. The van der Waals surface area contributed by atoms with Gasteiger partial charge in [0.15, 0.2) is 5.69 Å². The van der Waals surface area contributed by atoms with Gasteiger partial charge in [-0.25, -0.2) is 9.59 Å². The Morgan fingerprint density at radius 1 is 1.58 bits per heavy atom. The van der Waals surface area contributed by atoms with Crippen molar-refractivity contribution in [2.75, 3.05) is 0 Å². The monoisotopic (exact) mass is 190 g/mol. The Kier molecular flexibility index (Phi) is 2.01. The lowest BCUT2D eigenvalue weighted by Crippen LogP contribution is -2.29. The molecule has 0 saturated heterocycles. The highest BCUT2D eigenvalue weighted by atomic mass is 35.5. The van der Waals surface area contributed by atoms with E-state index in [2.05, 4.69) is 0 Å². The Hall–Kier alpha value is -1.56. The zero-order chi connectivity index (χ0) is 9.30. The second-order valence-electron chi connectivity index (χ2n) is 1.91. The molecule has 0 atom stereocenters. The van der Waals surface area contributed by atoms with Crippen LogP contribution in [0.4, 0.5) is 0 Å². The molecule has 2 N–H and O–H groups in total. The smallest absolute Gasteiger partial charge is 0.354 e. The molecule has 0 aliphatic carbocycles. The number of carbonyl (C=O) groups is 1. The van der Waals surface area contributed by atoms with Crippen molar-refractivity contribution in [3.05, 3.63) is 32.6 Å². The van der Waals surface area contributed by atoms with Gasteiger partial charge in [0.25, 0.3) is 5.56 Å². The lowest BCUT2D eigenvalue weighted by molar-refractivity contribution is 0.0688. The molecule has 1 aromatic heterocycles. The van der Waals surface area contributed by atoms with E-state index >= 15 is 0 Å². The van der Waals surface area contributed by atoms with Gasteiger partial charge in [-0.1, -0.05) is 0 Å². The lowest BCUT2D eigenvalue weighted by Gasteiger charge is -1.96. The Balaban J connectivity index is 3.59. The van der Waals surface area contributed by atoms with Crippen LogP contribution in [0.1, 0.15) is 10.5 Å². The maximum absolute atomic E-state index is 10.7. The lowest BCUT2D eigenvalue weighted by atomic mass is 10.4. The third kappa shape index (κ3) is 1.37. The molecule has 0 spiro atoms. The second-order valence-corrected chi connectivity index (χ2v) is 2.25. The number of aromatic nitrogens is 2. The molecule has 0 saturated carbocycles. The molecule has 0 aliphatic heterocycles. The number of H-pyrrole nitrogens is 1. The summed E-state index contributed by atoms with van der Waals surface area (Å²) >= 11 is 5.21. The molecule has 1 rings (SSSR count). The van der Waals surface area contributed by atoms with E-state index in [0.29, 0.717) is 4.09 Å². The van der Waals surface area contributed by atoms with Gasteiger partial charge in [0, 0.05) is 17.8 Å². The number of aromatic carboxylic acids is 1. The van der Waals surface area contributed by atoms with E-state index in [4.69, 9.17) is 16.9 Å². The van der Waals surface area contributed by atoms with E-state index in [0.717, 1.165) is 6.07 Å². The summed E-state index contributed by atoms with van der Waals surface area (Å²) in [5, 5.41) is 8.42. The highest BCUT2D eigenvalue weighted by Gasteiger charge is 2.10. The molecule has 12 heavy (non-hydrogen) atoms. The van der Waals surface area contributed by atoms with Gasteiger partial charge in [-0.15, -0.1) is 0 Å². The molecule has 64 valence electrons. The van der Waals surface area contributed by atoms with Gasteiger partial charge in [0.05, 0.1) is 0 Å². The number of carboxylic acids is 1. The van der Waals surface area contributed by atoms with E-state index in [1.54, 1.807) is 4.98 Å². The largest absolute Gasteiger partial charge is 0.477 e. The Bertz CT molecular complexity index is 432. The summed E-state index contributed by atoms with van der Waals surface area (Å²) in [7, 11) is 0. The minimum absolute atomic E-state index is 0.323. The van der Waals surface area contributed by atoms with E-state index in [-0.39, 0.29) is 0 Å². The summed E-state index contributed by atoms with van der Waals surface area (Å²) in [4.78, 5) is 33.4. The zero-order valence-corrected chi connectivity index (χ0v) is 6.33. The maximum Gasteiger partial charge on any atom is 0.354 e. The highest BCUT2D eigenvalue weighted by molar-refractivity contribution is 6.17. The highest BCUT2D eigenvalue weighted by Crippen LogP contribution is 1.92. The molecular weight excluding hydrogens is 188 g/mol. The van der Waals surface area contributed by atoms with Crippen molar-refractivity contribution in [3.8, 4) is 0 Å². The van der Waals surface area contributed by atoms with E-state index in [9.17, 15) is 14.4 Å². The van der Waals surface area contributed by atoms with E-state index in [1.165, 1.54) is 0 Å².